The Hall–Kier alpha value is -1.27. The van der Waals surface area contributed by atoms with E-state index in [0.29, 0.717) is 12.2 Å². The van der Waals surface area contributed by atoms with Gasteiger partial charge in [0, 0.05) is 31.0 Å². The summed E-state index contributed by atoms with van der Waals surface area (Å²) in [6, 6.07) is 7.67. The average Bonchev–Trinajstić information content (AvgIpc) is 2.49. The minimum Gasteiger partial charge on any atom is -0.372 e. The van der Waals surface area contributed by atoms with E-state index in [0.717, 1.165) is 13.1 Å². The van der Waals surface area contributed by atoms with Crippen LogP contribution >= 0.6 is 0 Å². The molecule has 5 nitrogen and oxygen atoms in total. The third-order valence-corrected chi connectivity index (χ3v) is 5.62. The van der Waals surface area contributed by atoms with Gasteiger partial charge in [-0.3, -0.25) is 4.72 Å². The second kappa shape index (κ2) is 7.13. The molecule has 1 aromatic rings. The topological polar surface area (TPSA) is 61.4 Å². The van der Waals surface area contributed by atoms with E-state index in [1.807, 2.05) is 24.3 Å². The first-order chi connectivity index (χ1) is 10.0. The normalized spacial score (nSPS) is 17.5. The molecule has 1 aliphatic rings. The largest absolute Gasteiger partial charge is 0.372 e. The Morgan fingerprint density at radius 1 is 1.14 bits per heavy atom. The van der Waals surface area contributed by atoms with Crippen LogP contribution in [0, 0.1) is 0 Å². The summed E-state index contributed by atoms with van der Waals surface area (Å²) < 4.78 is 26.9. The zero-order valence-corrected chi connectivity index (χ0v) is 13.6. The summed E-state index contributed by atoms with van der Waals surface area (Å²) in [6.45, 7) is 4.30. The highest BCUT2D eigenvalue weighted by molar-refractivity contribution is 7.93. The van der Waals surface area contributed by atoms with Crippen molar-refractivity contribution in [2.45, 2.75) is 31.4 Å². The van der Waals surface area contributed by atoms with Crippen molar-refractivity contribution < 1.29 is 8.42 Å². The molecule has 0 saturated carbocycles. The van der Waals surface area contributed by atoms with Gasteiger partial charge in [-0.15, -0.1) is 0 Å². The highest BCUT2D eigenvalue weighted by atomic mass is 32.2. The lowest BCUT2D eigenvalue weighted by atomic mass is 10.1. The molecule has 0 bridgehead atoms. The first-order valence-corrected chi connectivity index (χ1v) is 9.09. The van der Waals surface area contributed by atoms with Crippen LogP contribution < -0.4 is 14.9 Å². The number of rotatable bonds is 6. The van der Waals surface area contributed by atoms with Gasteiger partial charge in [-0.1, -0.05) is 0 Å². The predicted molar refractivity (Wildman–Crippen MR) is 88.4 cm³/mol. The van der Waals surface area contributed by atoms with Crippen molar-refractivity contribution in [3.63, 3.8) is 0 Å². The van der Waals surface area contributed by atoms with Crippen LogP contribution in [-0.4, -0.2) is 40.3 Å². The molecule has 0 amide bonds. The number of nitrogens with one attached hydrogen (secondary N) is 2. The zero-order chi connectivity index (χ0) is 15.3. The Labute approximate surface area is 127 Å². The summed E-state index contributed by atoms with van der Waals surface area (Å²) in [7, 11) is -1.59. The molecule has 0 radical (unpaired) electrons. The van der Waals surface area contributed by atoms with Crippen LogP contribution in [0.4, 0.5) is 11.4 Å². The molecule has 2 N–H and O–H groups in total. The van der Waals surface area contributed by atoms with Crippen molar-refractivity contribution in [2.24, 2.45) is 0 Å². The maximum atomic E-state index is 12.1. The Morgan fingerprint density at radius 3 is 2.33 bits per heavy atom. The third-order valence-electron chi connectivity index (χ3n) is 3.87. The highest BCUT2D eigenvalue weighted by Gasteiger charge is 2.20. The van der Waals surface area contributed by atoms with E-state index in [9.17, 15) is 8.42 Å². The van der Waals surface area contributed by atoms with Crippen molar-refractivity contribution in [1.82, 2.24) is 5.32 Å². The molecule has 1 heterocycles. The van der Waals surface area contributed by atoms with E-state index >= 15 is 0 Å². The van der Waals surface area contributed by atoms with E-state index in [1.54, 1.807) is 14.0 Å². The smallest absolute Gasteiger partial charge is 0.236 e. The average molecular weight is 311 g/mol. The molecule has 0 aromatic heterocycles. The number of hydrogen-bond acceptors (Lipinski definition) is 4. The van der Waals surface area contributed by atoms with Crippen LogP contribution in [0.2, 0.25) is 0 Å². The first kappa shape index (κ1) is 16.1. The molecule has 0 spiro atoms. The molecular formula is C15H25N3O2S. The molecular weight excluding hydrogens is 286 g/mol. The van der Waals surface area contributed by atoms with E-state index in [4.69, 9.17) is 0 Å². The molecule has 21 heavy (non-hydrogen) atoms. The van der Waals surface area contributed by atoms with E-state index in [-0.39, 0.29) is 0 Å². The summed E-state index contributed by atoms with van der Waals surface area (Å²) in [5.41, 5.74) is 1.79. The quantitative estimate of drug-likeness (QED) is 0.844. The van der Waals surface area contributed by atoms with E-state index in [2.05, 4.69) is 14.9 Å². The van der Waals surface area contributed by atoms with Gasteiger partial charge < -0.3 is 10.2 Å². The van der Waals surface area contributed by atoms with Gasteiger partial charge in [0.1, 0.15) is 0 Å². The fourth-order valence-electron chi connectivity index (χ4n) is 2.55. The lowest BCUT2D eigenvalue weighted by molar-refractivity contribution is 0.578. The van der Waals surface area contributed by atoms with Gasteiger partial charge in [-0.2, -0.15) is 0 Å². The summed E-state index contributed by atoms with van der Waals surface area (Å²) in [5, 5.41) is 2.42. The fourth-order valence-corrected chi connectivity index (χ4v) is 3.61. The van der Waals surface area contributed by atoms with Crippen LogP contribution in [0.5, 0.6) is 0 Å². The monoisotopic (exact) mass is 311 g/mol. The Bertz CT molecular complexity index is 537. The SMILES string of the molecule is CNCC(C)S(=O)(=O)Nc1ccc(N2CCCCC2)cc1. The van der Waals surface area contributed by atoms with Crippen molar-refractivity contribution in [2.75, 3.05) is 36.3 Å². The molecule has 1 aromatic carbocycles. The lowest BCUT2D eigenvalue weighted by Gasteiger charge is -2.28. The molecule has 1 atom stereocenters. The molecule has 1 aliphatic heterocycles. The van der Waals surface area contributed by atoms with Gasteiger partial charge in [0.05, 0.1) is 5.25 Å². The van der Waals surface area contributed by atoms with Crippen molar-refractivity contribution in [3.8, 4) is 0 Å². The summed E-state index contributed by atoms with van der Waals surface area (Å²) in [5.74, 6) is 0. The fraction of sp³-hybridized carbons (Fsp3) is 0.600. The molecule has 1 fully saturated rings. The van der Waals surface area contributed by atoms with Crippen molar-refractivity contribution >= 4 is 21.4 Å². The van der Waals surface area contributed by atoms with Gasteiger partial charge in [0.2, 0.25) is 10.0 Å². The Balaban J connectivity index is 2.02. The second-order valence-corrected chi connectivity index (χ2v) is 7.71. The Kier molecular flexibility index (Phi) is 5.47. The highest BCUT2D eigenvalue weighted by Crippen LogP contribution is 2.22. The molecule has 2 rings (SSSR count). The van der Waals surface area contributed by atoms with Crippen molar-refractivity contribution in [3.05, 3.63) is 24.3 Å². The van der Waals surface area contributed by atoms with Gasteiger partial charge >= 0.3 is 0 Å². The summed E-state index contributed by atoms with van der Waals surface area (Å²) >= 11 is 0. The molecule has 6 heteroatoms. The minimum absolute atomic E-state index is 0.432. The van der Waals surface area contributed by atoms with Crippen LogP contribution in [0.15, 0.2) is 24.3 Å². The molecule has 1 unspecified atom stereocenters. The maximum Gasteiger partial charge on any atom is 0.236 e. The number of piperidine rings is 1. The number of benzene rings is 1. The number of sulfonamides is 1. The lowest BCUT2D eigenvalue weighted by Crippen LogP contribution is -2.33. The first-order valence-electron chi connectivity index (χ1n) is 7.54. The third kappa shape index (κ3) is 4.35. The molecule has 0 aliphatic carbocycles. The summed E-state index contributed by atoms with van der Waals surface area (Å²) in [6.07, 6.45) is 3.77. The standard InChI is InChI=1S/C15H25N3O2S/c1-13(12-16-2)21(19,20)17-14-6-8-15(9-7-14)18-10-4-3-5-11-18/h6-9,13,16-17H,3-5,10-12H2,1-2H3. The van der Waals surface area contributed by atoms with Gasteiger partial charge in [0.25, 0.3) is 0 Å². The van der Waals surface area contributed by atoms with Crippen LogP contribution in [0.3, 0.4) is 0 Å². The van der Waals surface area contributed by atoms with Gasteiger partial charge in [-0.25, -0.2) is 8.42 Å². The number of nitrogens with zero attached hydrogens (tertiary/aromatic N) is 1. The van der Waals surface area contributed by atoms with Gasteiger partial charge in [0.15, 0.2) is 0 Å². The van der Waals surface area contributed by atoms with Crippen LogP contribution in [-0.2, 0) is 10.0 Å². The van der Waals surface area contributed by atoms with E-state index in [1.165, 1.54) is 24.9 Å². The molecule has 1 saturated heterocycles. The number of anilines is 2. The van der Waals surface area contributed by atoms with Gasteiger partial charge in [-0.05, 0) is 57.5 Å². The Morgan fingerprint density at radius 2 is 1.76 bits per heavy atom. The van der Waals surface area contributed by atoms with Crippen molar-refractivity contribution in [1.29, 1.82) is 0 Å². The van der Waals surface area contributed by atoms with E-state index < -0.39 is 15.3 Å². The minimum atomic E-state index is -3.34. The van der Waals surface area contributed by atoms with Crippen LogP contribution in [0.25, 0.3) is 0 Å². The summed E-state index contributed by atoms with van der Waals surface area (Å²) in [4.78, 5) is 2.35. The molecule has 118 valence electrons. The zero-order valence-electron chi connectivity index (χ0n) is 12.8. The second-order valence-electron chi connectivity index (χ2n) is 5.61. The van der Waals surface area contributed by atoms with Crippen LogP contribution in [0.1, 0.15) is 26.2 Å². The number of hydrogen-bond donors (Lipinski definition) is 2. The maximum absolute atomic E-state index is 12.1. The predicted octanol–water partition coefficient (Wildman–Crippen LogP) is 2.03.